The monoisotopic (exact) mass is 352 g/mol. The lowest BCUT2D eigenvalue weighted by atomic mass is 10.1. The molecule has 0 aliphatic carbocycles. The zero-order chi connectivity index (χ0) is 18.8. The van der Waals surface area contributed by atoms with Crippen molar-refractivity contribution in [1.29, 1.82) is 0 Å². The van der Waals surface area contributed by atoms with Crippen molar-refractivity contribution in [2.75, 3.05) is 5.32 Å². The molecule has 0 spiro atoms. The molecular formula is C21H21FN2O2. The van der Waals surface area contributed by atoms with E-state index in [0.717, 1.165) is 11.1 Å². The first-order chi connectivity index (χ1) is 12.4. The Morgan fingerprint density at radius 2 is 1.88 bits per heavy atom. The van der Waals surface area contributed by atoms with Crippen molar-refractivity contribution in [2.45, 2.75) is 33.7 Å². The number of pyridine rings is 1. The first-order valence-corrected chi connectivity index (χ1v) is 8.62. The van der Waals surface area contributed by atoms with E-state index in [2.05, 4.69) is 5.32 Å². The maximum absolute atomic E-state index is 13.5. The number of halogens is 1. The summed E-state index contributed by atoms with van der Waals surface area (Å²) in [6, 6.07) is 11.4. The van der Waals surface area contributed by atoms with Crippen LogP contribution in [0.4, 0.5) is 10.1 Å². The average Bonchev–Trinajstić information content (AvgIpc) is 2.60. The van der Waals surface area contributed by atoms with E-state index in [-0.39, 0.29) is 22.5 Å². The number of nitrogens with zero attached hydrogens (tertiary/aromatic N) is 1. The summed E-state index contributed by atoms with van der Waals surface area (Å²) in [5.41, 5.74) is 2.68. The van der Waals surface area contributed by atoms with Gasteiger partial charge in [0.1, 0.15) is 11.5 Å². The molecule has 3 rings (SSSR count). The van der Waals surface area contributed by atoms with Crippen LogP contribution in [0.1, 0.15) is 35.0 Å². The predicted octanol–water partition coefficient (Wildman–Crippen LogP) is 4.42. The van der Waals surface area contributed by atoms with Gasteiger partial charge in [-0.2, -0.15) is 0 Å². The Morgan fingerprint density at radius 3 is 2.58 bits per heavy atom. The molecule has 2 aromatic carbocycles. The molecule has 0 fully saturated rings. The third-order valence-corrected chi connectivity index (χ3v) is 4.38. The minimum atomic E-state index is -0.467. The fourth-order valence-electron chi connectivity index (χ4n) is 3.09. The number of amides is 1. The summed E-state index contributed by atoms with van der Waals surface area (Å²) in [4.78, 5) is 25.6. The van der Waals surface area contributed by atoms with Gasteiger partial charge in [0.25, 0.3) is 11.5 Å². The lowest BCUT2D eigenvalue weighted by molar-refractivity contribution is 0.101. The molecule has 3 aromatic rings. The first-order valence-electron chi connectivity index (χ1n) is 8.62. The Kier molecular flexibility index (Phi) is 4.89. The Morgan fingerprint density at radius 1 is 1.12 bits per heavy atom. The van der Waals surface area contributed by atoms with Gasteiger partial charge in [-0.25, -0.2) is 4.39 Å². The van der Waals surface area contributed by atoms with Gasteiger partial charge in [0.05, 0.1) is 5.39 Å². The second kappa shape index (κ2) is 7.12. The van der Waals surface area contributed by atoms with Crippen LogP contribution in [-0.2, 0) is 6.54 Å². The van der Waals surface area contributed by atoms with Gasteiger partial charge in [0.15, 0.2) is 0 Å². The fourth-order valence-corrected chi connectivity index (χ4v) is 3.09. The lowest BCUT2D eigenvalue weighted by Gasteiger charge is -2.15. The Hall–Kier alpha value is -2.95. The minimum absolute atomic E-state index is 0.274. The van der Waals surface area contributed by atoms with Crippen LogP contribution in [0.3, 0.4) is 0 Å². The third kappa shape index (κ3) is 3.38. The number of fused-ring (bicyclic) bond motifs is 1. The highest BCUT2D eigenvalue weighted by atomic mass is 19.1. The molecule has 4 nitrogen and oxygen atoms in total. The topological polar surface area (TPSA) is 51.1 Å². The van der Waals surface area contributed by atoms with Crippen LogP contribution in [0.25, 0.3) is 10.8 Å². The number of benzene rings is 2. The van der Waals surface area contributed by atoms with Gasteiger partial charge in [0.2, 0.25) is 0 Å². The van der Waals surface area contributed by atoms with Crippen molar-refractivity contribution in [3.8, 4) is 0 Å². The molecule has 26 heavy (non-hydrogen) atoms. The summed E-state index contributed by atoms with van der Waals surface area (Å²) in [6.45, 7) is 6.22. The van der Waals surface area contributed by atoms with Gasteiger partial charge in [-0.15, -0.1) is 0 Å². The number of aryl methyl sites for hydroxylation is 2. The van der Waals surface area contributed by atoms with Gasteiger partial charge in [-0.1, -0.05) is 30.7 Å². The number of carbonyl (C=O) groups excluding carboxylic acids is 1. The Balaban J connectivity index is 2.10. The molecule has 0 radical (unpaired) electrons. The molecule has 1 amide bonds. The SMILES string of the molecule is CCCn1c(C(=O)Nc2ccc(C)cc2C)cc2ccc(F)cc2c1=O. The largest absolute Gasteiger partial charge is 0.320 e. The van der Waals surface area contributed by atoms with Gasteiger partial charge in [-0.05, 0) is 55.5 Å². The summed E-state index contributed by atoms with van der Waals surface area (Å²) in [6.07, 6.45) is 0.685. The van der Waals surface area contributed by atoms with Crippen molar-refractivity contribution in [3.05, 3.63) is 75.5 Å². The van der Waals surface area contributed by atoms with Crippen LogP contribution in [-0.4, -0.2) is 10.5 Å². The highest BCUT2D eigenvalue weighted by molar-refractivity contribution is 6.05. The van der Waals surface area contributed by atoms with E-state index in [4.69, 9.17) is 0 Å². The first kappa shape index (κ1) is 17.9. The molecule has 134 valence electrons. The predicted molar refractivity (Wildman–Crippen MR) is 102 cm³/mol. The molecule has 0 saturated heterocycles. The molecule has 0 aliphatic heterocycles. The van der Waals surface area contributed by atoms with Crippen molar-refractivity contribution in [2.24, 2.45) is 0 Å². The molecule has 0 bridgehead atoms. The number of anilines is 1. The number of hydrogen-bond donors (Lipinski definition) is 1. The normalized spacial score (nSPS) is 10.9. The Labute approximate surface area is 151 Å². The highest BCUT2D eigenvalue weighted by Crippen LogP contribution is 2.19. The number of aromatic nitrogens is 1. The second-order valence-electron chi connectivity index (χ2n) is 6.49. The van der Waals surface area contributed by atoms with Crippen LogP contribution in [0, 0.1) is 19.7 Å². The average molecular weight is 352 g/mol. The van der Waals surface area contributed by atoms with E-state index in [0.29, 0.717) is 24.0 Å². The van der Waals surface area contributed by atoms with Crippen molar-refractivity contribution >= 4 is 22.4 Å². The third-order valence-electron chi connectivity index (χ3n) is 4.38. The standard InChI is InChI=1S/C21H21FN2O2/c1-4-9-24-19(11-15-6-7-16(22)12-17(15)21(24)26)20(25)23-18-8-5-13(2)10-14(18)3/h5-8,10-12H,4,9H2,1-3H3,(H,23,25). The van der Waals surface area contributed by atoms with Crippen molar-refractivity contribution in [1.82, 2.24) is 4.57 Å². The van der Waals surface area contributed by atoms with Crippen LogP contribution in [0.15, 0.2) is 47.3 Å². The van der Waals surface area contributed by atoms with Gasteiger partial charge >= 0.3 is 0 Å². The van der Waals surface area contributed by atoms with Crippen LogP contribution < -0.4 is 10.9 Å². The number of rotatable bonds is 4. The summed E-state index contributed by atoms with van der Waals surface area (Å²) in [5, 5.41) is 3.71. The maximum atomic E-state index is 13.5. The zero-order valence-electron chi connectivity index (χ0n) is 15.1. The fraction of sp³-hybridized carbons (Fsp3) is 0.238. The zero-order valence-corrected chi connectivity index (χ0v) is 15.1. The minimum Gasteiger partial charge on any atom is -0.320 e. The molecule has 1 heterocycles. The molecule has 0 unspecified atom stereocenters. The molecule has 0 atom stereocenters. The highest BCUT2D eigenvalue weighted by Gasteiger charge is 2.16. The van der Waals surface area contributed by atoms with Crippen LogP contribution >= 0.6 is 0 Å². The number of nitrogens with one attached hydrogen (secondary N) is 1. The van der Waals surface area contributed by atoms with Gasteiger partial charge in [-0.3, -0.25) is 9.59 Å². The molecule has 0 aliphatic rings. The molecule has 1 N–H and O–H groups in total. The second-order valence-corrected chi connectivity index (χ2v) is 6.49. The van der Waals surface area contributed by atoms with Crippen LogP contribution in [0.2, 0.25) is 0 Å². The quantitative estimate of drug-likeness (QED) is 0.756. The van der Waals surface area contributed by atoms with E-state index in [1.165, 1.54) is 22.8 Å². The van der Waals surface area contributed by atoms with Crippen molar-refractivity contribution < 1.29 is 9.18 Å². The Bertz CT molecular complexity index is 1050. The van der Waals surface area contributed by atoms with Gasteiger partial charge < -0.3 is 9.88 Å². The smallest absolute Gasteiger partial charge is 0.272 e. The van der Waals surface area contributed by atoms with E-state index in [1.807, 2.05) is 39.0 Å². The summed E-state index contributed by atoms with van der Waals surface area (Å²) in [7, 11) is 0. The van der Waals surface area contributed by atoms with E-state index in [9.17, 15) is 14.0 Å². The summed E-state index contributed by atoms with van der Waals surface area (Å²) >= 11 is 0. The summed E-state index contributed by atoms with van der Waals surface area (Å²) in [5.74, 6) is -0.821. The summed E-state index contributed by atoms with van der Waals surface area (Å²) < 4.78 is 14.9. The van der Waals surface area contributed by atoms with E-state index >= 15 is 0 Å². The maximum Gasteiger partial charge on any atom is 0.272 e. The van der Waals surface area contributed by atoms with Crippen molar-refractivity contribution in [3.63, 3.8) is 0 Å². The van der Waals surface area contributed by atoms with Gasteiger partial charge in [0, 0.05) is 12.2 Å². The number of carbonyl (C=O) groups is 1. The molecule has 5 heteroatoms. The molecule has 1 aromatic heterocycles. The van der Waals surface area contributed by atoms with E-state index in [1.54, 1.807) is 6.07 Å². The lowest BCUT2D eigenvalue weighted by Crippen LogP contribution is -2.29. The molecule has 0 saturated carbocycles. The molecular weight excluding hydrogens is 331 g/mol. The number of hydrogen-bond acceptors (Lipinski definition) is 2. The van der Waals surface area contributed by atoms with Crippen LogP contribution in [0.5, 0.6) is 0 Å². The van der Waals surface area contributed by atoms with E-state index < -0.39 is 5.82 Å².